The van der Waals surface area contributed by atoms with Crippen LogP contribution in [0.4, 0.5) is 5.69 Å². The fraction of sp³-hybridized carbons (Fsp3) is 0.684. The van der Waals surface area contributed by atoms with E-state index < -0.39 is 0 Å². The smallest absolute Gasteiger partial charge is 0.0366 e. The third-order valence-corrected chi connectivity index (χ3v) is 4.65. The van der Waals surface area contributed by atoms with Gasteiger partial charge in [0, 0.05) is 24.8 Å². The van der Waals surface area contributed by atoms with Gasteiger partial charge in [0.25, 0.3) is 0 Å². The van der Waals surface area contributed by atoms with Crippen LogP contribution in [0.3, 0.4) is 0 Å². The monoisotopic (exact) mass is 288 g/mol. The second-order valence-electron chi connectivity index (χ2n) is 6.62. The van der Waals surface area contributed by atoms with Crippen molar-refractivity contribution in [2.75, 3.05) is 24.5 Å². The SMILES string of the molecule is CCCCc1ccc(N2CCC(CC)NCC(C)C2)cc1. The predicted molar refractivity (Wildman–Crippen MR) is 93.1 cm³/mol. The van der Waals surface area contributed by atoms with Crippen LogP contribution >= 0.6 is 0 Å². The standard InChI is InChI=1S/C19H32N2/c1-4-6-7-17-8-10-19(11-9-17)21-13-12-18(5-2)20-14-16(3)15-21/h8-11,16,18,20H,4-7,12-15H2,1-3H3. The van der Waals surface area contributed by atoms with Gasteiger partial charge in [0.2, 0.25) is 0 Å². The van der Waals surface area contributed by atoms with Crippen LogP contribution in [0.15, 0.2) is 24.3 Å². The summed E-state index contributed by atoms with van der Waals surface area (Å²) < 4.78 is 0. The molecule has 0 saturated carbocycles. The summed E-state index contributed by atoms with van der Waals surface area (Å²) in [5.74, 6) is 0.708. The van der Waals surface area contributed by atoms with E-state index in [-0.39, 0.29) is 0 Å². The van der Waals surface area contributed by atoms with E-state index in [0.717, 1.165) is 13.1 Å². The van der Waals surface area contributed by atoms with Gasteiger partial charge in [-0.2, -0.15) is 0 Å². The van der Waals surface area contributed by atoms with Crippen LogP contribution in [0.2, 0.25) is 0 Å². The van der Waals surface area contributed by atoms with Crippen molar-refractivity contribution in [3.05, 3.63) is 29.8 Å². The van der Waals surface area contributed by atoms with Crippen molar-refractivity contribution in [1.82, 2.24) is 5.32 Å². The van der Waals surface area contributed by atoms with E-state index in [4.69, 9.17) is 0 Å². The lowest BCUT2D eigenvalue weighted by molar-refractivity contribution is 0.388. The van der Waals surface area contributed by atoms with Crippen LogP contribution in [-0.2, 0) is 6.42 Å². The van der Waals surface area contributed by atoms with Crippen LogP contribution in [0.1, 0.15) is 52.0 Å². The molecule has 0 spiro atoms. The lowest BCUT2D eigenvalue weighted by Gasteiger charge is -2.33. The molecular formula is C19H32N2. The maximum absolute atomic E-state index is 3.70. The molecule has 0 aliphatic carbocycles. The molecule has 1 aliphatic heterocycles. The average Bonchev–Trinajstić information content (AvgIpc) is 2.50. The van der Waals surface area contributed by atoms with Crippen LogP contribution in [0.5, 0.6) is 0 Å². The molecule has 1 aromatic carbocycles. The van der Waals surface area contributed by atoms with E-state index in [2.05, 4.69) is 55.3 Å². The Balaban J connectivity index is 2.00. The van der Waals surface area contributed by atoms with Crippen molar-refractivity contribution in [3.8, 4) is 0 Å². The number of nitrogens with zero attached hydrogens (tertiary/aromatic N) is 1. The number of anilines is 1. The molecule has 2 nitrogen and oxygen atoms in total. The first-order chi connectivity index (χ1) is 10.2. The maximum Gasteiger partial charge on any atom is 0.0366 e. The summed E-state index contributed by atoms with van der Waals surface area (Å²) in [6.45, 7) is 10.4. The van der Waals surface area contributed by atoms with Crippen molar-refractivity contribution in [1.29, 1.82) is 0 Å². The third kappa shape index (κ3) is 5.03. The molecule has 1 aromatic rings. The van der Waals surface area contributed by atoms with Crippen LogP contribution < -0.4 is 10.2 Å². The van der Waals surface area contributed by atoms with Crippen molar-refractivity contribution in [3.63, 3.8) is 0 Å². The predicted octanol–water partition coefficient (Wildman–Crippen LogP) is 4.24. The lowest BCUT2D eigenvalue weighted by Crippen LogP contribution is -2.43. The minimum Gasteiger partial charge on any atom is -0.371 e. The van der Waals surface area contributed by atoms with Crippen molar-refractivity contribution >= 4 is 5.69 Å². The average molecular weight is 288 g/mol. The number of hydrogen-bond donors (Lipinski definition) is 1. The highest BCUT2D eigenvalue weighted by molar-refractivity contribution is 5.47. The molecule has 2 heteroatoms. The van der Waals surface area contributed by atoms with Crippen LogP contribution in [-0.4, -0.2) is 25.7 Å². The molecule has 118 valence electrons. The van der Waals surface area contributed by atoms with Gasteiger partial charge in [0.05, 0.1) is 0 Å². The highest BCUT2D eigenvalue weighted by Crippen LogP contribution is 2.20. The largest absolute Gasteiger partial charge is 0.371 e. The molecule has 2 unspecified atom stereocenters. The zero-order chi connectivity index (χ0) is 15.1. The zero-order valence-electron chi connectivity index (χ0n) is 14.1. The fourth-order valence-electron chi connectivity index (χ4n) is 3.15. The Morgan fingerprint density at radius 2 is 1.95 bits per heavy atom. The molecule has 1 saturated heterocycles. The summed E-state index contributed by atoms with van der Waals surface area (Å²) in [4.78, 5) is 2.58. The second-order valence-corrected chi connectivity index (χ2v) is 6.62. The topological polar surface area (TPSA) is 15.3 Å². The molecule has 1 fully saturated rings. The van der Waals surface area contributed by atoms with Crippen molar-refractivity contribution < 1.29 is 0 Å². The van der Waals surface area contributed by atoms with Crippen LogP contribution in [0.25, 0.3) is 0 Å². The summed E-state index contributed by atoms with van der Waals surface area (Å²) in [6.07, 6.45) is 6.27. The summed E-state index contributed by atoms with van der Waals surface area (Å²) in [5, 5.41) is 3.70. The van der Waals surface area contributed by atoms with E-state index in [1.807, 2.05) is 0 Å². The van der Waals surface area contributed by atoms with E-state index >= 15 is 0 Å². The number of hydrogen-bond acceptors (Lipinski definition) is 2. The molecule has 1 heterocycles. The van der Waals surface area contributed by atoms with Gasteiger partial charge < -0.3 is 10.2 Å². The molecule has 21 heavy (non-hydrogen) atoms. The summed E-state index contributed by atoms with van der Waals surface area (Å²) in [6, 6.07) is 9.98. The Bertz CT molecular complexity index is 399. The lowest BCUT2D eigenvalue weighted by atomic mass is 10.0. The van der Waals surface area contributed by atoms with E-state index in [0.29, 0.717) is 12.0 Å². The number of rotatable bonds is 5. The quantitative estimate of drug-likeness (QED) is 0.871. The van der Waals surface area contributed by atoms with Gasteiger partial charge in [0.1, 0.15) is 0 Å². The number of benzene rings is 1. The van der Waals surface area contributed by atoms with Gasteiger partial charge in [-0.3, -0.25) is 0 Å². The molecule has 2 rings (SSSR count). The van der Waals surface area contributed by atoms with Gasteiger partial charge in [-0.25, -0.2) is 0 Å². The molecule has 0 aromatic heterocycles. The Kier molecular flexibility index (Phi) is 6.56. The minimum atomic E-state index is 0.680. The number of unbranched alkanes of at least 4 members (excludes halogenated alkanes) is 1. The Morgan fingerprint density at radius 3 is 2.62 bits per heavy atom. The number of aryl methyl sites for hydroxylation is 1. The second kappa shape index (κ2) is 8.43. The van der Waals surface area contributed by atoms with E-state index in [9.17, 15) is 0 Å². The van der Waals surface area contributed by atoms with Crippen molar-refractivity contribution in [2.45, 2.75) is 58.9 Å². The molecule has 1 N–H and O–H groups in total. The third-order valence-electron chi connectivity index (χ3n) is 4.65. The van der Waals surface area contributed by atoms with E-state index in [1.165, 1.54) is 49.9 Å². The first-order valence-corrected chi connectivity index (χ1v) is 8.80. The van der Waals surface area contributed by atoms with Crippen LogP contribution in [0, 0.1) is 5.92 Å². The van der Waals surface area contributed by atoms with E-state index in [1.54, 1.807) is 0 Å². The highest BCUT2D eigenvalue weighted by atomic mass is 15.1. The van der Waals surface area contributed by atoms with Gasteiger partial charge in [-0.15, -0.1) is 0 Å². The Labute approximate surface area is 130 Å². The molecule has 0 amide bonds. The summed E-state index contributed by atoms with van der Waals surface area (Å²) >= 11 is 0. The molecular weight excluding hydrogens is 256 g/mol. The highest BCUT2D eigenvalue weighted by Gasteiger charge is 2.18. The van der Waals surface area contributed by atoms with Gasteiger partial charge in [0.15, 0.2) is 0 Å². The van der Waals surface area contributed by atoms with Gasteiger partial charge in [-0.05, 0) is 55.8 Å². The van der Waals surface area contributed by atoms with Crippen molar-refractivity contribution in [2.24, 2.45) is 5.92 Å². The Morgan fingerprint density at radius 1 is 1.19 bits per heavy atom. The minimum absolute atomic E-state index is 0.680. The fourth-order valence-corrected chi connectivity index (χ4v) is 3.15. The molecule has 1 aliphatic rings. The number of nitrogens with one attached hydrogen (secondary N) is 1. The maximum atomic E-state index is 3.70. The molecule has 0 radical (unpaired) electrons. The normalized spacial score (nSPS) is 23.7. The van der Waals surface area contributed by atoms with Gasteiger partial charge >= 0.3 is 0 Å². The Hall–Kier alpha value is -1.02. The molecule has 2 atom stereocenters. The first-order valence-electron chi connectivity index (χ1n) is 8.80. The first kappa shape index (κ1) is 16.4. The molecule has 0 bridgehead atoms. The summed E-state index contributed by atoms with van der Waals surface area (Å²) in [5.41, 5.74) is 2.88. The summed E-state index contributed by atoms with van der Waals surface area (Å²) in [7, 11) is 0. The van der Waals surface area contributed by atoms with Gasteiger partial charge in [-0.1, -0.05) is 39.3 Å². The zero-order valence-corrected chi connectivity index (χ0v) is 14.1.